The maximum absolute atomic E-state index is 13.1. The third kappa shape index (κ3) is 6.63. The summed E-state index contributed by atoms with van der Waals surface area (Å²) in [6.45, 7) is 1.73. The van der Waals surface area contributed by atoms with Gasteiger partial charge >= 0.3 is 6.18 Å². The number of Topliss-reactive ketones (excluding diaryl/α,β-unsaturated/α-hetero) is 1. The van der Waals surface area contributed by atoms with E-state index in [9.17, 15) is 22.8 Å². The Kier molecular flexibility index (Phi) is 8.81. The van der Waals surface area contributed by atoms with E-state index in [-0.39, 0.29) is 33.7 Å². The largest absolute Gasteiger partial charge is 0.480 e. The van der Waals surface area contributed by atoms with Crippen molar-refractivity contribution in [2.45, 2.75) is 25.4 Å². The maximum Gasteiger partial charge on any atom is 0.418 e. The number of amides is 1. The summed E-state index contributed by atoms with van der Waals surface area (Å²) in [6, 6.07) is 4.02. The molecule has 40 heavy (non-hydrogen) atoms. The number of ketones is 1. The molecule has 4 rings (SSSR count). The zero-order valence-corrected chi connectivity index (χ0v) is 22.9. The number of hydrogen-bond acceptors (Lipinski definition) is 10. The molecule has 4 aromatic heterocycles. The van der Waals surface area contributed by atoms with Crippen LogP contribution in [0.4, 0.5) is 30.5 Å². The first-order chi connectivity index (χ1) is 19.0. The summed E-state index contributed by atoms with van der Waals surface area (Å²) < 4.78 is 44.5. The molecule has 16 heteroatoms. The first kappa shape index (κ1) is 29.1. The number of carbonyl (C=O) groups excluding carboxylic acids is 2. The van der Waals surface area contributed by atoms with E-state index in [2.05, 4.69) is 35.6 Å². The van der Waals surface area contributed by atoms with Gasteiger partial charge in [0.15, 0.2) is 11.6 Å². The second-order valence-electron chi connectivity index (χ2n) is 8.16. The van der Waals surface area contributed by atoms with E-state index >= 15 is 0 Å². The lowest BCUT2D eigenvalue weighted by Gasteiger charge is -2.12. The van der Waals surface area contributed by atoms with Crippen molar-refractivity contribution < 1.29 is 27.5 Å². The van der Waals surface area contributed by atoms with Gasteiger partial charge < -0.3 is 15.4 Å². The minimum absolute atomic E-state index is 0.00139. The van der Waals surface area contributed by atoms with E-state index in [1.807, 2.05) is 0 Å². The Labute approximate surface area is 239 Å². The van der Waals surface area contributed by atoms with Crippen LogP contribution >= 0.6 is 34.5 Å². The second-order valence-corrected chi connectivity index (χ2v) is 10.0. The number of carbonyl (C=O) groups is 2. The number of aromatic nitrogens is 5. The number of halogens is 5. The number of nitrogens with zero attached hydrogens (tertiary/aromatic N) is 5. The van der Waals surface area contributed by atoms with Gasteiger partial charge in [0.25, 0.3) is 5.91 Å². The summed E-state index contributed by atoms with van der Waals surface area (Å²) in [5, 5.41) is 5.12. The molecule has 0 aromatic carbocycles. The summed E-state index contributed by atoms with van der Waals surface area (Å²) in [5.74, 6) is -1.40. The van der Waals surface area contributed by atoms with E-state index in [4.69, 9.17) is 27.9 Å². The van der Waals surface area contributed by atoms with Crippen molar-refractivity contribution in [1.82, 2.24) is 24.9 Å². The Morgan fingerprint density at radius 2 is 1.90 bits per heavy atom. The number of anilines is 3. The number of ether oxygens (including phenoxy) is 1. The van der Waals surface area contributed by atoms with Crippen molar-refractivity contribution in [2.24, 2.45) is 0 Å². The van der Waals surface area contributed by atoms with Crippen LogP contribution in [0.3, 0.4) is 0 Å². The molecule has 0 aliphatic carbocycles. The van der Waals surface area contributed by atoms with Crippen molar-refractivity contribution in [3.8, 4) is 5.88 Å². The maximum atomic E-state index is 13.1. The first-order valence-electron chi connectivity index (χ1n) is 11.3. The van der Waals surface area contributed by atoms with E-state index in [1.165, 1.54) is 19.6 Å². The van der Waals surface area contributed by atoms with Crippen LogP contribution in [0.5, 0.6) is 5.88 Å². The Morgan fingerprint density at radius 1 is 1.12 bits per heavy atom. The van der Waals surface area contributed by atoms with Crippen LogP contribution in [0.2, 0.25) is 10.0 Å². The molecular formula is C24H18Cl2F3N7O3S. The summed E-state index contributed by atoms with van der Waals surface area (Å²) in [6.07, 6.45) is 0.0442. The van der Waals surface area contributed by atoms with Crippen molar-refractivity contribution in [3.05, 3.63) is 74.3 Å². The molecule has 4 aromatic rings. The van der Waals surface area contributed by atoms with E-state index in [1.54, 1.807) is 25.3 Å². The molecule has 0 bridgehead atoms. The van der Waals surface area contributed by atoms with Gasteiger partial charge in [0.05, 0.1) is 28.9 Å². The van der Waals surface area contributed by atoms with Gasteiger partial charge in [-0.3, -0.25) is 9.59 Å². The monoisotopic (exact) mass is 611 g/mol. The molecule has 4 heterocycles. The van der Waals surface area contributed by atoms with Crippen LogP contribution in [0, 0.1) is 0 Å². The highest BCUT2D eigenvalue weighted by Crippen LogP contribution is 2.36. The normalized spacial score (nSPS) is 12.1. The molecule has 0 radical (unpaired) electrons. The molecule has 0 saturated heterocycles. The van der Waals surface area contributed by atoms with Gasteiger partial charge in [0.1, 0.15) is 33.4 Å². The number of methoxy groups -OCH3 is 1. The van der Waals surface area contributed by atoms with Crippen LogP contribution < -0.4 is 15.4 Å². The Bertz CT molecular complexity index is 1570. The fourth-order valence-electron chi connectivity index (χ4n) is 3.41. The molecule has 0 fully saturated rings. The van der Waals surface area contributed by atoms with Gasteiger partial charge in [-0.1, -0.05) is 30.1 Å². The highest BCUT2D eigenvalue weighted by atomic mass is 35.5. The molecule has 2 N–H and O–H groups in total. The van der Waals surface area contributed by atoms with Gasteiger partial charge in [-0.2, -0.15) is 13.2 Å². The number of nitrogens with one attached hydrogen (secondary N) is 2. The molecule has 10 nitrogen and oxygen atoms in total. The molecule has 0 saturated carbocycles. The zero-order chi connectivity index (χ0) is 29.0. The van der Waals surface area contributed by atoms with Gasteiger partial charge in [-0.05, 0) is 18.2 Å². The van der Waals surface area contributed by atoms with Crippen LogP contribution in [0.1, 0.15) is 50.0 Å². The van der Waals surface area contributed by atoms with Crippen molar-refractivity contribution >= 4 is 63.6 Å². The molecule has 0 aliphatic heterocycles. The average molecular weight is 612 g/mol. The van der Waals surface area contributed by atoms with Crippen molar-refractivity contribution in [3.63, 3.8) is 0 Å². The van der Waals surface area contributed by atoms with Crippen molar-refractivity contribution in [1.29, 1.82) is 0 Å². The molecule has 1 atom stereocenters. The topological polar surface area (TPSA) is 132 Å². The molecule has 1 amide bonds. The second kappa shape index (κ2) is 12.1. The van der Waals surface area contributed by atoms with Crippen LogP contribution in [-0.2, 0) is 6.18 Å². The standard InChI is InChI=1S/C24H18Cl2F3N7O3S/c1-11(6-15(37)19-18(26)20(34-10-33-19)35-14-4-3-5-30-22(14)39-2)23-32-9-16(40-23)21(38)36-17-7-12(24(27,28)29)13(25)8-31-17/h3-5,7-11H,6H2,1-2H3,(H,31,36,38)(H,33,34,35). The minimum Gasteiger partial charge on any atom is -0.480 e. The molecule has 0 aliphatic rings. The SMILES string of the molecule is COc1ncccc1Nc1ncnc(C(=O)CC(C)c2ncc(C(=O)Nc3cc(C(F)(F)F)c(Cl)cn3)s2)c1Cl. The number of rotatable bonds is 9. The lowest BCUT2D eigenvalue weighted by molar-refractivity contribution is -0.137. The van der Waals surface area contributed by atoms with Crippen LogP contribution in [0.25, 0.3) is 0 Å². The Balaban J connectivity index is 1.44. The summed E-state index contributed by atoms with van der Waals surface area (Å²) in [5.41, 5.74) is -0.662. The summed E-state index contributed by atoms with van der Waals surface area (Å²) >= 11 is 13.0. The Hall–Kier alpha value is -3.88. The fourth-order valence-corrected chi connectivity index (χ4v) is 4.74. The smallest absolute Gasteiger partial charge is 0.418 e. The highest BCUT2D eigenvalue weighted by molar-refractivity contribution is 7.13. The number of alkyl halides is 3. The lowest BCUT2D eigenvalue weighted by atomic mass is 10.0. The molecule has 1 unspecified atom stereocenters. The van der Waals surface area contributed by atoms with E-state index < -0.39 is 34.4 Å². The number of hydrogen-bond donors (Lipinski definition) is 2. The fraction of sp³-hybridized carbons (Fsp3) is 0.208. The van der Waals surface area contributed by atoms with Gasteiger partial charge in [-0.15, -0.1) is 11.3 Å². The number of pyridine rings is 2. The van der Waals surface area contributed by atoms with Crippen LogP contribution in [0.15, 0.2) is 43.1 Å². The van der Waals surface area contributed by atoms with Gasteiger partial charge in [-0.25, -0.2) is 24.9 Å². The molecular weight excluding hydrogens is 594 g/mol. The van der Waals surface area contributed by atoms with Crippen LogP contribution in [-0.4, -0.2) is 43.7 Å². The molecule has 208 valence electrons. The zero-order valence-electron chi connectivity index (χ0n) is 20.6. The minimum atomic E-state index is -4.71. The predicted octanol–water partition coefficient (Wildman–Crippen LogP) is 6.43. The van der Waals surface area contributed by atoms with E-state index in [0.29, 0.717) is 22.6 Å². The van der Waals surface area contributed by atoms with Gasteiger partial charge in [0, 0.05) is 24.7 Å². The van der Waals surface area contributed by atoms with E-state index in [0.717, 1.165) is 17.5 Å². The summed E-state index contributed by atoms with van der Waals surface area (Å²) in [7, 11) is 1.46. The third-order valence-corrected chi connectivity index (χ3v) is 7.22. The number of thiazole rings is 1. The first-order valence-corrected chi connectivity index (χ1v) is 12.8. The Morgan fingerprint density at radius 3 is 2.62 bits per heavy atom. The molecule has 0 spiro atoms. The lowest BCUT2D eigenvalue weighted by Crippen LogP contribution is -2.13. The third-order valence-electron chi connectivity index (χ3n) is 5.33. The predicted molar refractivity (Wildman–Crippen MR) is 143 cm³/mol. The summed E-state index contributed by atoms with van der Waals surface area (Å²) in [4.78, 5) is 45.9. The highest BCUT2D eigenvalue weighted by Gasteiger charge is 2.34. The van der Waals surface area contributed by atoms with Gasteiger partial charge in [0.2, 0.25) is 5.88 Å². The quantitative estimate of drug-likeness (QED) is 0.205. The average Bonchev–Trinajstić information content (AvgIpc) is 3.41. The van der Waals surface area contributed by atoms with Crippen molar-refractivity contribution in [2.75, 3.05) is 17.7 Å².